The first kappa shape index (κ1) is 16.0. The number of halogens is 1. The first-order valence-corrected chi connectivity index (χ1v) is 7.45. The fraction of sp³-hybridized carbons (Fsp3) is 0.0714. The maximum atomic E-state index is 11.8. The fourth-order valence-electron chi connectivity index (χ4n) is 1.56. The van der Waals surface area contributed by atoms with E-state index in [0.717, 1.165) is 0 Å². The molecule has 1 aromatic heterocycles. The van der Waals surface area contributed by atoms with E-state index in [2.05, 4.69) is 10.7 Å². The third-order valence-electron chi connectivity index (χ3n) is 2.76. The van der Waals surface area contributed by atoms with Crippen molar-refractivity contribution in [3.05, 3.63) is 51.2 Å². The quantitative estimate of drug-likeness (QED) is 0.579. The second kappa shape index (κ2) is 7.06. The van der Waals surface area contributed by atoms with E-state index in [0.29, 0.717) is 21.2 Å². The smallest absolute Gasteiger partial charge is 0.317 e. The Hall–Kier alpha value is -2.38. The Kier molecular flexibility index (Phi) is 5.13. The van der Waals surface area contributed by atoms with Gasteiger partial charge in [-0.3, -0.25) is 25.2 Å². The summed E-state index contributed by atoms with van der Waals surface area (Å²) in [5, 5.41) is 4.63. The van der Waals surface area contributed by atoms with Gasteiger partial charge in [0.1, 0.15) is 0 Å². The molecular weight excluding hydrogens is 326 g/mol. The largest absolute Gasteiger partial charge is 0.328 e. The number of rotatable bonds is 2. The van der Waals surface area contributed by atoms with Gasteiger partial charge in [0.2, 0.25) is 0 Å². The molecule has 6 nitrogen and oxygen atoms in total. The van der Waals surface area contributed by atoms with E-state index in [1.165, 1.54) is 11.3 Å². The lowest BCUT2D eigenvalue weighted by Crippen LogP contribution is -2.46. The van der Waals surface area contributed by atoms with Gasteiger partial charge in [-0.1, -0.05) is 23.7 Å². The van der Waals surface area contributed by atoms with E-state index in [4.69, 9.17) is 11.6 Å². The first-order chi connectivity index (χ1) is 10.5. The highest BCUT2D eigenvalue weighted by atomic mass is 35.5. The van der Waals surface area contributed by atoms with Crippen LogP contribution in [0.2, 0.25) is 5.02 Å². The van der Waals surface area contributed by atoms with E-state index in [-0.39, 0.29) is 0 Å². The summed E-state index contributed by atoms with van der Waals surface area (Å²) < 4.78 is 0. The lowest BCUT2D eigenvalue weighted by Gasteiger charge is -2.10. The molecule has 0 bridgehead atoms. The number of anilines is 1. The average Bonchev–Trinajstić information content (AvgIpc) is 3.03. The molecule has 0 saturated carbocycles. The maximum absolute atomic E-state index is 11.8. The van der Waals surface area contributed by atoms with Crippen LogP contribution in [0.5, 0.6) is 0 Å². The molecule has 2 rings (SSSR count). The molecule has 114 valence electrons. The molecule has 0 aliphatic heterocycles. The zero-order valence-corrected chi connectivity index (χ0v) is 13.0. The summed E-state index contributed by atoms with van der Waals surface area (Å²) in [5.74, 6) is -2.38. The Labute approximate surface area is 135 Å². The summed E-state index contributed by atoms with van der Waals surface area (Å²) >= 11 is 7.15. The molecule has 0 saturated heterocycles. The zero-order valence-electron chi connectivity index (χ0n) is 11.5. The fourth-order valence-corrected chi connectivity index (χ4v) is 2.36. The van der Waals surface area contributed by atoms with Crippen molar-refractivity contribution in [1.29, 1.82) is 0 Å². The molecule has 2 aromatic rings. The van der Waals surface area contributed by atoms with E-state index < -0.39 is 17.7 Å². The molecule has 22 heavy (non-hydrogen) atoms. The van der Waals surface area contributed by atoms with Crippen molar-refractivity contribution < 1.29 is 14.4 Å². The predicted molar refractivity (Wildman–Crippen MR) is 84.7 cm³/mol. The third kappa shape index (κ3) is 3.84. The minimum absolute atomic E-state index is 0.423. The second-order valence-electron chi connectivity index (χ2n) is 4.25. The third-order valence-corrected chi connectivity index (χ3v) is 4.03. The van der Waals surface area contributed by atoms with Gasteiger partial charge in [-0.05, 0) is 36.1 Å². The van der Waals surface area contributed by atoms with Crippen LogP contribution in [0.15, 0.2) is 35.7 Å². The van der Waals surface area contributed by atoms with Crippen molar-refractivity contribution in [3.8, 4) is 0 Å². The number of hydrogen-bond donors (Lipinski definition) is 3. The number of thiophene rings is 1. The van der Waals surface area contributed by atoms with Crippen molar-refractivity contribution >= 4 is 46.3 Å². The summed E-state index contributed by atoms with van der Waals surface area (Å²) in [4.78, 5) is 35.5. The highest BCUT2D eigenvalue weighted by molar-refractivity contribution is 7.12. The molecule has 0 unspecified atom stereocenters. The van der Waals surface area contributed by atoms with Gasteiger partial charge in [-0.25, -0.2) is 0 Å². The molecule has 0 spiro atoms. The van der Waals surface area contributed by atoms with Crippen LogP contribution in [0.1, 0.15) is 15.2 Å². The molecular formula is C14H12ClN3O3S. The highest BCUT2D eigenvalue weighted by Gasteiger charge is 2.16. The molecule has 1 heterocycles. The highest BCUT2D eigenvalue weighted by Crippen LogP contribution is 2.22. The molecule has 0 radical (unpaired) electrons. The lowest BCUT2D eigenvalue weighted by molar-refractivity contribution is -0.136. The number of carbonyl (C=O) groups is 3. The van der Waals surface area contributed by atoms with E-state index in [1.54, 1.807) is 42.6 Å². The van der Waals surface area contributed by atoms with Gasteiger partial charge < -0.3 is 5.32 Å². The van der Waals surface area contributed by atoms with E-state index in [1.807, 2.05) is 5.43 Å². The standard InChI is InChI=1S/C14H12ClN3O3S/c1-8-9(15)4-2-5-10(8)16-13(20)14(21)18-17-12(19)11-6-3-7-22-11/h2-7H,1H3,(H,16,20)(H,17,19)(H,18,21). The minimum atomic E-state index is -0.982. The predicted octanol–water partition coefficient (Wildman–Crippen LogP) is 2.11. The number of hydrazine groups is 1. The van der Waals surface area contributed by atoms with Crippen molar-refractivity contribution in [2.45, 2.75) is 6.92 Å². The molecule has 1 aromatic carbocycles. The van der Waals surface area contributed by atoms with Gasteiger partial charge in [0.25, 0.3) is 5.91 Å². The SMILES string of the molecule is Cc1c(Cl)cccc1NC(=O)C(=O)NNC(=O)c1cccs1. The number of amides is 3. The van der Waals surface area contributed by atoms with Gasteiger partial charge in [-0.2, -0.15) is 0 Å². The monoisotopic (exact) mass is 337 g/mol. The Morgan fingerprint density at radius 3 is 2.50 bits per heavy atom. The van der Waals surface area contributed by atoms with Crippen LogP contribution in [0.4, 0.5) is 5.69 Å². The van der Waals surface area contributed by atoms with Crippen LogP contribution in [0.25, 0.3) is 0 Å². The molecule has 0 fully saturated rings. The van der Waals surface area contributed by atoms with Gasteiger partial charge in [0.05, 0.1) is 4.88 Å². The number of carbonyl (C=O) groups excluding carboxylic acids is 3. The van der Waals surface area contributed by atoms with E-state index in [9.17, 15) is 14.4 Å². The number of benzene rings is 1. The second-order valence-corrected chi connectivity index (χ2v) is 5.61. The average molecular weight is 338 g/mol. The lowest BCUT2D eigenvalue weighted by atomic mass is 10.2. The number of hydrogen-bond acceptors (Lipinski definition) is 4. The normalized spacial score (nSPS) is 9.91. The Bertz CT molecular complexity index is 716. The zero-order chi connectivity index (χ0) is 16.1. The molecule has 0 atom stereocenters. The summed E-state index contributed by atoms with van der Waals surface area (Å²) in [6.45, 7) is 1.72. The van der Waals surface area contributed by atoms with Crippen LogP contribution in [-0.4, -0.2) is 17.7 Å². The van der Waals surface area contributed by atoms with Gasteiger partial charge in [-0.15, -0.1) is 11.3 Å². The van der Waals surface area contributed by atoms with Crippen molar-refractivity contribution in [2.24, 2.45) is 0 Å². The maximum Gasteiger partial charge on any atom is 0.328 e. The van der Waals surface area contributed by atoms with Crippen LogP contribution in [0, 0.1) is 6.92 Å². The van der Waals surface area contributed by atoms with Crippen LogP contribution in [-0.2, 0) is 9.59 Å². The summed E-state index contributed by atoms with van der Waals surface area (Å²) in [6, 6.07) is 8.25. The molecule has 0 aliphatic carbocycles. The van der Waals surface area contributed by atoms with Gasteiger partial charge in [0, 0.05) is 10.7 Å². The van der Waals surface area contributed by atoms with Crippen molar-refractivity contribution in [1.82, 2.24) is 10.9 Å². The van der Waals surface area contributed by atoms with Crippen LogP contribution in [0.3, 0.4) is 0 Å². The molecule has 8 heteroatoms. The summed E-state index contributed by atoms with van der Waals surface area (Å²) in [5.41, 5.74) is 5.28. The van der Waals surface area contributed by atoms with Gasteiger partial charge >= 0.3 is 11.8 Å². The first-order valence-electron chi connectivity index (χ1n) is 6.19. The Morgan fingerprint density at radius 1 is 1.05 bits per heavy atom. The molecule has 3 N–H and O–H groups in total. The van der Waals surface area contributed by atoms with Crippen LogP contribution >= 0.6 is 22.9 Å². The number of nitrogens with one attached hydrogen (secondary N) is 3. The molecule has 0 aliphatic rings. The minimum Gasteiger partial charge on any atom is -0.317 e. The molecule has 3 amide bonds. The summed E-state index contributed by atoms with van der Waals surface area (Å²) in [7, 11) is 0. The van der Waals surface area contributed by atoms with Gasteiger partial charge in [0.15, 0.2) is 0 Å². The van der Waals surface area contributed by atoms with Crippen LogP contribution < -0.4 is 16.2 Å². The summed E-state index contributed by atoms with van der Waals surface area (Å²) in [6.07, 6.45) is 0. The topological polar surface area (TPSA) is 87.3 Å². The van der Waals surface area contributed by atoms with Crippen molar-refractivity contribution in [3.63, 3.8) is 0 Å². The van der Waals surface area contributed by atoms with Crippen molar-refractivity contribution in [2.75, 3.05) is 5.32 Å². The Balaban J connectivity index is 1.91. The Morgan fingerprint density at radius 2 is 1.82 bits per heavy atom. The van der Waals surface area contributed by atoms with E-state index >= 15 is 0 Å².